The fourth-order valence-corrected chi connectivity index (χ4v) is 3.50. The van der Waals surface area contributed by atoms with Crippen LogP contribution in [0.1, 0.15) is 5.56 Å². The average Bonchev–Trinajstić information content (AvgIpc) is 3.25. The molecule has 0 N–H and O–H groups in total. The first-order valence-electron chi connectivity index (χ1n) is 8.99. The Morgan fingerprint density at radius 1 is 0.931 bits per heavy atom. The smallest absolute Gasteiger partial charge is 0.206 e. The maximum atomic E-state index is 5.91. The molecule has 29 heavy (non-hydrogen) atoms. The van der Waals surface area contributed by atoms with Crippen molar-refractivity contribution in [2.75, 3.05) is 12.1 Å². The molecule has 0 spiro atoms. The first kappa shape index (κ1) is 19.2. The van der Waals surface area contributed by atoms with E-state index in [1.807, 2.05) is 91.3 Å². The zero-order valence-corrected chi connectivity index (χ0v) is 17.3. The van der Waals surface area contributed by atoms with Crippen LogP contribution in [0.15, 0.2) is 89.3 Å². The minimum absolute atomic E-state index is 0.709. The number of benzene rings is 3. The lowest BCUT2D eigenvalue weighted by Crippen LogP contribution is -2.08. The third kappa shape index (κ3) is 5.02. The Hall–Kier alpha value is -3.15. The number of para-hydroxylation sites is 1. The molecule has 4 aromatic rings. The van der Waals surface area contributed by atoms with Gasteiger partial charge in [0.2, 0.25) is 5.13 Å². The number of anilines is 1. The van der Waals surface area contributed by atoms with Crippen molar-refractivity contribution in [2.24, 2.45) is 5.10 Å². The normalized spacial score (nSPS) is 11.0. The van der Waals surface area contributed by atoms with Crippen molar-refractivity contribution in [1.29, 1.82) is 0 Å². The van der Waals surface area contributed by atoms with E-state index in [2.05, 4.69) is 10.1 Å². The van der Waals surface area contributed by atoms with E-state index in [9.17, 15) is 0 Å². The quantitative estimate of drug-likeness (QED) is 0.257. The van der Waals surface area contributed by atoms with Crippen LogP contribution in [0.2, 0.25) is 5.02 Å². The zero-order valence-electron chi connectivity index (χ0n) is 15.7. The first-order chi connectivity index (χ1) is 14.2. The highest BCUT2D eigenvalue weighted by Crippen LogP contribution is 2.29. The standard InChI is InChI=1S/C23H18ClN3OS/c1-27(25-15-17-7-11-19(24)12-8-17)23-26-22(16-29-23)18-9-13-21(14-10-18)28-20-5-3-2-4-6-20/h2-16H,1H3/b25-15+. The van der Waals surface area contributed by atoms with Gasteiger partial charge in [0, 0.05) is 23.0 Å². The van der Waals surface area contributed by atoms with Gasteiger partial charge in [-0.15, -0.1) is 11.3 Å². The number of aromatic nitrogens is 1. The van der Waals surface area contributed by atoms with Crippen molar-refractivity contribution < 1.29 is 4.74 Å². The maximum Gasteiger partial charge on any atom is 0.206 e. The molecule has 0 aliphatic heterocycles. The van der Waals surface area contributed by atoms with Crippen LogP contribution < -0.4 is 9.75 Å². The molecule has 4 rings (SSSR count). The molecule has 6 heteroatoms. The topological polar surface area (TPSA) is 37.7 Å². The number of halogens is 1. The predicted octanol–water partition coefficient (Wildman–Crippen LogP) is 6.73. The van der Waals surface area contributed by atoms with Gasteiger partial charge >= 0.3 is 0 Å². The van der Waals surface area contributed by atoms with Crippen LogP contribution in [-0.4, -0.2) is 18.2 Å². The number of hydrazone groups is 1. The van der Waals surface area contributed by atoms with Crippen LogP contribution in [0.3, 0.4) is 0 Å². The summed E-state index contributed by atoms with van der Waals surface area (Å²) in [5.41, 5.74) is 2.92. The van der Waals surface area contributed by atoms with E-state index < -0.39 is 0 Å². The highest BCUT2D eigenvalue weighted by atomic mass is 35.5. The van der Waals surface area contributed by atoms with Crippen molar-refractivity contribution in [1.82, 2.24) is 4.98 Å². The van der Waals surface area contributed by atoms with Gasteiger partial charge in [-0.2, -0.15) is 5.10 Å². The fraction of sp³-hybridized carbons (Fsp3) is 0.0435. The molecule has 0 aliphatic rings. The van der Waals surface area contributed by atoms with E-state index >= 15 is 0 Å². The molecule has 0 saturated carbocycles. The summed E-state index contributed by atoms with van der Waals surface area (Å²) in [5, 5.41) is 9.76. The van der Waals surface area contributed by atoms with Gasteiger partial charge in [0.1, 0.15) is 11.5 Å². The Balaban J connectivity index is 1.43. The largest absolute Gasteiger partial charge is 0.457 e. The second-order valence-corrected chi connectivity index (χ2v) is 7.55. The van der Waals surface area contributed by atoms with E-state index in [0.717, 1.165) is 33.5 Å². The summed E-state index contributed by atoms with van der Waals surface area (Å²) in [4.78, 5) is 4.69. The Kier molecular flexibility index (Phi) is 5.89. The fourth-order valence-electron chi connectivity index (χ4n) is 2.62. The van der Waals surface area contributed by atoms with Crippen LogP contribution in [0, 0.1) is 0 Å². The van der Waals surface area contributed by atoms with Crippen molar-refractivity contribution >= 4 is 34.3 Å². The number of nitrogens with zero attached hydrogens (tertiary/aromatic N) is 3. The summed E-state index contributed by atoms with van der Waals surface area (Å²) in [6, 6.07) is 25.2. The molecule has 144 valence electrons. The summed E-state index contributed by atoms with van der Waals surface area (Å²) in [6.45, 7) is 0. The number of ether oxygens (including phenoxy) is 1. The number of rotatable bonds is 6. The summed E-state index contributed by atoms with van der Waals surface area (Å²) in [5.74, 6) is 1.61. The summed E-state index contributed by atoms with van der Waals surface area (Å²) >= 11 is 7.46. The Morgan fingerprint density at radius 2 is 1.62 bits per heavy atom. The molecular formula is C23H18ClN3OS. The zero-order chi connectivity index (χ0) is 20.1. The molecule has 4 nitrogen and oxygen atoms in total. The summed E-state index contributed by atoms with van der Waals surface area (Å²) < 4.78 is 5.84. The van der Waals surface area contributed by atoms with Crippen LogP contribution in [-0.2, 0) is 0 Å². The molecule has 0 unspecified atom stereocenters. The molecule has 0 saturated heterocycles. The Morgan fingerprint density at radius 3 is 2.34 bits per heavy atom. The molecule has 1 aromatic heterocycles. The highest BCUT2D eigenvalue weighted by molar-refractivity contribution is 7.14. The van der Waals surface area contributed by atoms with Gasteiger partial charge in [-0.25, -0.2) is 9.99 Å². The highest BCUT2D eigenvalue weighted by Gasteiger charge is 2.08. The van der Waals surface area contributed by atoms with Crippen molar-refractivity contribution in [3.05, 3.63) is 94.8 Å². The number of hydrogen-bond donors (Lipinski definition) is 0. The van der Waals surface area contributed by atoms with Crippen molar-refractivity contribution in [2.45, 2.75) is 0 Å². The maximum absolute atomic E-state index is 5.91. The molecular weight excluding hydrogens is 402 g/mol. The number of hydrogen-bond acceptors (Lipinski definition) is 5. The van der Waals surface area contributed by atoms with E-state index in [0.29, 0.717) is 5.02 Å². The predicted molar refractivity (Wildman–Crippen MR) is 122 cm³/mol. The lowest BCUT2D eigenvalue weighted by Gasteiger charge is -2.08. The SMILES string of the molecule is CN(/N=C/c1ccc(Cl)cc1)c1nc(-c2ccc(Oc3ccccc3)cc2)cs1. The molecule has 0 radical (unpaired) electrons. The average molecular weight is 420 g/mol. The Bertz CT molecular complexity index is 1090. The van der Waals surface area contributed by atoms with Gasteiger partial charge in [-0.1, -0.05) is 41.9 Å². The molecule has 0 aliphatic carbocycles. The molecule has 1 heterocycles. The van der Waals surface area contributed by atoms with Gasteiger partial charge in [-0.3, -0.25) is 0 Å². The minimum Gasteiger partial charge on any atom is -0.457 e. The van der Waals surface area contributed by atoms with Crippen LogP contribution >= 0.6 is 22.9 Å². The second-order valence-electron chi connectivity index (χ2n) is 6.27. The lowest BCUT2D eigenvalue weighted by molar-refractivity contribution is 0.483. The minimum atomic E-state index is 0.709. The van der Waals surface area contributed by atoms with Crippen LogP contribution in [0.4, 0.5) is 5.13 Å². The number of thiazole rings is 1. The van der Waals surface area contributed by atoms with E-state index in [4.69, 9.17) is 16.3 Å². The molecule has 0 bridgehead atoms. The monoisotopic (exact) mass is 419 g/mol. The molecule has 0 atom stereocenters. The molecule has 0 fully saturated rings. The van der Waals surface area contributed by atoms with Gasteiger partial charge in [0.15, 0.2) is 0 Å². The van der Waals surface area contributed by atoms with Gasteiger partial charge in [-0.05, 0) is 54.1 Å². The van der Waals surface area contributed by atoms with E-state index in [-0.39, 0.29) is 0 Å². The van der Waals surface area contributed by atoms with Crippen molar-refractivity contribution in [3.8, 4) is 22.8 Å². The second kappa shape index (κ2) is 8.90. The van der Waals surface area contributed by atoms with Crippen molar-refractivity contribution in [3.63, 3.8) is 0 Å². The van der Waals surface area contributed by atoms with Crippen LogP contribution in [0.25, 0.3) is 11.3 Å². The van der Waals surface area contributed by atoms with Gasteiger partial charge < -0.3 is 4.74 Å². The molecule has 3 aromatic carbocycles. The first-order valence-corrected chi connectivity index (χ1v) is 10.3. The van der Waals surface area contributed by atoms with E-state index in [1.165, 1.54) is 0 Å². The van der Waals surface area contributed by atoms with Crippen LogP contribution in [0.5, 0.6) is 11.5 Å². The third-order valence-corrected chi connectivity index (χ3v) is 5.31. The molecule has 0 amide bonds. The van der Waals surface area contributed by atoms with Gasteiger partial charge in [0.05, 0.1) is 11.9 Å². The lowest BCUT2D eigenvalue weighted by atomic mass is 10.2. The van der Waals surface area contributed by atoms with E-state index in [1.54, 1.807) is 22.6 Å². The summed E-state index contributed by atoms with van der Waals surface area (Å²) in [7, 11) is 1.88. The third-order valence-electron chi connectivity index (χ3n) is 4.15. The summed E-state index contributed by atoms with van der Waals surface area (Å²) in [6.07, 6.45) is 1.78. The Labute approximate surface area is 178 Å². The van der Waals surface area contributed by atoms with Gasteiger partial charge in [0.25, 0.3) is 0 Å².